The van der Waals surface area contributed by atoms with Crippen molar-refractivity contribution >= 4 is 21.5 Å². The first-order valence-electron chi connectivity index (χ1n) is 49.8. The normalized spacial score (nSPS) is 12.4. The van der Waals surface area contributed by atoms with Crippen molar-refractivity contribution in [2.24, 2.45) is 0 Å². The lowest BCUT2D eigenvalue weighted by atomic mass is 9.67. The number of rotatable bonds is 14. The molecule has 0 radical (unpaired) electrons. The van der Waals surface area contributed by atoms with Crippen LogP contribution in [0.2, 0.25) is 0 Å². The number of hydrogen-bond acceptors (Lipinski definition) is 10. The first-order chi connectivity index (χ1) is 68.7. The topological polar surface area (TPSA) is 180 Å². The molecule has 0 aromatic heterocycles. The Morgan fingerprint density at radius 3 is 0.593 bits per heavy atom. The summed E-state index contributed by atoms with van der Waals surface area (Å²) < 4.78 is 11.2. The van der Waals surface area contributed by atoms with Crippen molar-refractivity contribution in [2.45, 2.75) is 146 Å². The number of hydrogen-bond donors (Lipinski definition) is 8. The molecule has 0 fully saturated rings. The minimum Gasteiger partial charge on any atom is -0.508 e. The molecule has 8 N–H and O–H groups in total. The summed E-state index contributed by atoms with van der Waals surface area (Å²) in [6.07, 6.45) is 0. The summed E-state index contributed by atoms with van der Waals surface area (Å²) in [5.74, 6) is 3.10. The SMILES string of the molecule is CC.CC.CC.CC.CC.CC.CC.CC.Cc1cc(C2(c3ccc(O)c(C)c3)c3ccccc3-c3ccccc32)ccc1O.OCCOc1ccc(C2(c3ccc(OCCO)cc3)c3ccccc3-c3ccccc32)cc1.Oc1ccc(C2(c3ccc(O)cc3)c3ccccc3-c3ccccc32)cc1.Oc1ccc2cc(C3(c4ccc5cc(O)ccc5c4)c4ccccc4-c4ccccc43)ccc2c1. The predicted octanol–water partition coefficient (Wildman–Crippen LogP) is 32.3. The second-order valence-corrected chi connectivity index (χ2v) is 32.1. The third-order valence-electron chi connectivity index (χ3n) is 25.5. The molecule has 4 aliphatic rings. The lowest BCUT2D eigenvalue weighted by Crippen LogP contribution is -2.28. The number of aryl methyl sites for hydroxylation is 2. The van der Waals surface area contributed by atoms with Crippen LogP contribution in [0.1, 0.15) is 211 Å². The van der Waals surface area contributed by atoms with Crippen LogP contribution in [0.15, 0.2) is 400 Å². The zero-order valence-electron chi connectivity index (χ0n) is 84.3. The smallest absolute Gasteiger partial charge is 0.119 e. The molecule has 0 saturated carbocycles. The van der Waals surface area contributed by atoms with E-state index in [1.54, 1.807) is 48.5 Å². The van der Waals surface area contributed by atoms with Gasteiger partial charge in [0.1, 0.15) is 59.2 Å². The van der Waals surface area contributed by atoms with Gasteiger partial charge in [0.05, 0.1) is 34.9 Å². The Hall–Kier alpha value is -15.2. The molecule has 10 heteroatoms. The van der Waals surface area contributed by atoms with Gasteiger partial charge in [-0.25, -0.2) is 0 Å². The van der Waals surface area contributed by atoms with Gasteiger partial charge in [-0.3, -0.25) is 0 Å². The molecule has 4 aliphatic carbocycles. The molecule has 0 saturated heterocycles. The average Bonchev–Trinajstić information content (AvgIpc) is 1.55. The van der Waals surface area contributed by atoms with Gasteiger partial charge in [0.2, 0.25) is 0 Å². The van der Waals surface area contributed by atoms with Crippen LogP contribution in [-0.2, 0) is 21.7 Å². The fourth-order valence-corrected chi connectivity index (χ4v) is 20.2. The van der Waals surface area contributed by atoms with Gasteiger partial charge >= 0.3 is 0 Å². The quantitative estimate of drug-likeness (QED) is 0.0522. The highest BCUT2D eigenvalue weighted by molar-refractivity contribution is 5.94. The minimum absolute atomic E-state index is 0.0167. The first-order valence-corrected chi connectivity index (χ1v) is 49.8. The number of ether oxygens (including phenoxy) is 2. The molecule has 18 aromatic rings. The minimum atomic E-state index is -0.510. The van der Waals surface area contributed by atoms with Crippen LogP contribution in [0.5, 0.6) is 46.0 Å². The monoisotopic (exact) mass is 1860 g/mol. The molecule has 0 bridgehead atoms. The third kappa shape index (κ3) is 19.9. The summed E-state index contributed by atoms with van der Waals surface area (Å²) in [5.41, 5.74) is 28.4. The molecule has 0 aliphatic heterocycles. The molecular formula is C130H136O10. The van der Waals surface area contributed by atoms with Gasteiger partial charge in [-0.15, -0.1) is 0 Å². The van der Waals surface area contributed by atoms with Crippen LogP contribution >= 0.6 is 0 Å². The summed E-state index contributed by atoms with van der Waals surface area (Å²) in [6, 6.07) is 136. The van der Waals surface area contributed by atoms with Gasteiger partial charge in [0, 0.05) is 0 Å². The summed E-state index contributed by atoms with van der Waals surface area (Å²) >= 11 is 0. The van der Waals surface area contributed by atoms with E-state index in [4.69, 9.17) is 19.7 Å². The predicted molar refractivity (Wildman–Crippen MR) is 585 cm³/mol. The summed E-state index contributed by atoms with van der Waals surface area (Å²) in [5, 5.41) is 82.4. The molecule has 22 rings (SSSR count). The Morgan fingerprint density at radius 1 is 0.186 bits per heavy atom. The standard InChI is InChI=1S/C33H22O2.C29H26O4.C27H22O2.C25H18O2.8C2H6/c34-27-15-11-21-17-25(13-9-23(21)19-27)33(26-14-10-24-20-28(35)16-12-22(24)18-26)31-7-3-1-5-29(31)30-6-2-4-8-32(30)33;30-17-19-32-23-13-9-21(10-14-23)29(22-11-15-24(16-12-22)33-20-18-31)27-7-3-1-5-25(27)26-6-2-4-8-28(26)29;1-17-15-19(11-13-25(17)28)27(20-12-14-26(29)18(2)16-20)23-9-5-3-7-21(23)22-8-4-6-10-24(22)27;26-19-13-9-17(10-14-19)25(18-11-15-20(27)16-12-18)23-7-3-1-5-21(23)22-6-2-4-8-24(22)25;8*1-2/h1-20,34-35H;1-16,30-31H,17-20H2;3-16,28-29H,1-2H3;1-16,26-27H;8*1-2H3. The van der Waals surface area contributed by atoms with Crippen LogP contribution < -0.4 is 9.47 Å². The van der Waals surface area contributed by atoms with Crippen molar-refractivity contribution in [1.82, 2.24) is 0 Å². The zero-order chi connectivity index (χ0) is 101. The highest BCUT2D eigenvalue weighted by Crippen LogP contribution is 2.62. The second kappa shape index (κ2) is 49.2. The number of benzene rings is 18. The van der Waals surface area contributed by atoms with Gasteiger partial charge in [0.25, 0.3) is 0 Å². The largest absolute Gasteiger partial charge is 0.508 e. The van der Waals surface area contributed by atoms with Gasteiger partial charge in [-0.05, 0) is 277 Å². The number of aliphatic hydroxyl groups is 2. The summed E-state index contributed by atoms with van der Waals surface area (Å²) in [4.78, 5) is 0. The average molecular weight is 1860 g/mol. The van der Waals surface area contributed by atoms with Crippen molar-refractivity contribution < 1.29 is 50.3 Å². The zero-order valence-corrected chi connectivity index (χ0v) is 84.3. The lowest BCUT2D eigenvalue weighted by Gasteiger charge is -2.34. The number of fused-ring (bicyclic) bond motifs is 14. The molecule has 0 atom stereocenters. The molecule has 0 amide bonds. The van der Waals surface area contributed by atoms with E-state index < -0.39 is 21.7 Å². The molecular weight excluding hydrogens is 1720 g/mol. The highest BCUT2D eigenvalue weighted by atomic mass is 16.5. The van der Waals surface area contributed by atoms with Crippen LogP contribution in [0.4, 0.5) is 0 Å². The van der Waals surface area contributed by atoms with E-state index in [-0.39, 0.29) is 49.4 Å². The second-order valence-electron chi connectivity index (χ2n) is 32.1. The number of phenols is 6. The Balaban J connectivity index is 0.000000171. The van der Waals surface area contributed by atoms with Gasteiger partial charge < -0.3 is 50.3 Å². The summed E-state index contributed by atoms with van der Waals surface area (Å²) in [7, 11) is 0. The molecule has 0 spiro atoms. The molecule has 18 aromatic carbocycles. The number of phenolic OH excluding ortho intramolecular Hbond substituents is 6. The fourth-order valence-electron chi connectivity index (χ4n) is 20.2. The Kier molecular flexibility index (Phi) is 37.0. The number of aliphatic hydroxyl groups excluding tert-OH is 2. The Bertz CT molecular complexity index is 6650. The van der Waals surface area contributed by atoms with E-state index in [0.717, 1.165) is 77.6 Å². The van der Waals surface area contributed by atoms with E-state index in [9.17, 15) is 30.6 Å². The van der Waals surface area contributed by atoms with Crippen LogP contribution in [0, 0.1) is 13.8 Å². The molecule has 0 unspecified atom stereocenters. The third-order valence-corrected chi connectivity index (χ3v) is 25.5. The van der Waals surface area contributed by atoms with Crippen molar-refractivity contribution in [3.05, 3.63) is 501 Å². The van der Waals surface area contributed by atoms with Crippen LogP contribution in [-0.4, -0.2) is 67.3 Å². The van der Waals surface area contributed by atoms with E-state index in [0.29, 0.717) is 11.5 Å². The van der Waals surface area contributed by atoms with E-state index in [2.05, 4.69) is 267 Å². The lowest BCUT2D eigenvalue weighted by molar-refractivity contribution is 0.201. The van der Waals surface area contributed by atoms with Gasteiger partial charge in [0.15, 0.2) is 0 Å². The van der Waals surface area contributed by atoms with E-state index in [1.807, 2.05) is 210 Å². The van der Waals surface area contributed by atoms with Crippen molar-refractivity contribution in [3.8, 4) is 90.5 Å². The molecule has 140 heavy (non-hydrogen) atoms. The maximum Gasteiger partial charge on any atom is 0.119 e. The maximum absolute atomic E-state index is 10.2. The highest BCUT2D eigenvalue weighted by Gasteiger charge is 2.51. The Labute approximate surface area is 830 Å². The maximum atomic E-state index is 10.2. The van der Waals surface area contributed by atoms with Gasteiger partial charge in [-0.1, -0.05) is 414 Å². The van der Waals surface area contributed by atoms with E-state index >= 15 is 0 Å². The molecule has 716 valence electrons. The van der Waals surface area contributed by atoms with Crippen molar-refractivity contribution in [1.29, 1.82) is 0 Å². The van der Waals surface area contributed by atoms with Gasteiger partial charge in [-0.2, -0.15) is 0 Å². The van der Waals surface area contributed by atoms with E-state index in [1.165, 1.54) is 100 Å². The van der Waals surface area contributed by atoms with Crippen LogP contribution in [0.3, 0.4) is 0 Å². The number of aromatic hydroxyl groups is 6. The van der Waals surface area contributed by atoms with Crippen molar-refractivity contribution in [2.75, 3.05) is 26.4 Å². The molecule has 10 nitrogen and oxygen atoms in total. The summed E-state index contributed by atoms with van der Waals surface area (Å²) in [6.45, 7) is 36.4. The van der Waals surface area contributed by atoms with Crippen molar-refractivity contribution in [3.63, 3.8) is 0 Å². The fraction of sp³-hybridized carbons (Fsp3) is 0.200. The Morgan fingerprint density at radius 2 is 0.364 bits per heavy atom. The molecule has 0 heterocycles. The van der Waals surface area contributed by atoms with Crippen LogP contribution in [0.25, 0.3) is 66.1 Å². The first kappa shape index (κ1) is 105.